The van der Waals surface area contributed by atoms with Crippen LogP contribution in [0.4, 0.5) is 14.7 Å². The lowest BCUT2D eigenvalue weighted by atomic mass is 10.1. The highest BCUT2D eigenvalue weighted by molar-refractivity contribution is 5.77. The number of H-pyrrole nitrogens is 1. The Labute approximate surface area is 126 Å². The molecule has 0 bridgehead atoms. The normalized spacial score (nSPS) is 30.7. The van der Waals surface area contributed by atoms with E-state index in [1.54, 1.807) is 0 Å². The zero-order chi connectivity index (χ0) is 16.9. The van der Waals surface area contributed by atoms with Crippen LogP contribution in [0.2, 0.25) is 0 Å². The maximum absolute atomic E-state index is 14.4. The van der Waals surface area contributed by atoms with E-state index in [-0.39, 0.29) is 11.6 Å². The molecule has 3 heterocycles. The molecule has 23 heavy (non-hydrogen) atoms. The van der Waals surface area contributed by atoms with E-state index >= 15 is 0 Å². The van der Waals surface area contributed by atoms with Crippen molar-refractivity contribution in [1.82, 2.24) is 14.5 Å². The number of ether oxygens (including phenoxy) is 1. The van der Waals surface area contributed by atoms with Crippen LogP contribution in [-0.2, 0) is 4.74 Å². The molecule has 9 nitrogen and oxygen atoms in total. The molecule has 1 aliphatic rings. The lowest BCUT2D eigenvalue weighted by Gasteiger charge is -2.16. The van der Waals surface area contributed by atoms with Gasteiger partial charge < -0.3 is 15.9 Å². The first-order chi connectivity index (χ1) is 10.8. The van der Waals surface area contributed by atoms with Crippen molar-refractivity contribution >= 4 is 17.0 Å². The highest BCUT2D eigenvalue weighted by atomic mass is 19.1. The van der Waals surface area contributed by atoms with Crippen molar-refractivity contribution < 1.29 is 23.7 Å². The third-order valence-electron chi connectivity index (χ3n) is 3.71. The van der Waals surface area contributed by atoms with Crippen LogP contribution in [0, 0.1) is 12.4 Å². The molecule has 3 rings (SSSR count). The third kappa shape index (κ3) is 2.00. The summed E-state index contributed by atoms with van der Waals surface area (Å²) in [5.74, 6) is -1.32. The van der Waals surface area contributed by atoms with E-state index in [2.05, 4.69) is 14.8 Å². The number of aliphatic hydroxyl groups excluding tert-OH is 2. The Morgan fingerprint density at radius 2 is 2.35 bits per heavy atom. The number of hydrogen-bond acceptors (Lipinski definition) is 6. The quantitative estimate of drug-likeness (QED) is 0.539. The van der Waals surface area contributed by atoms with Crippen molar-refractivity contribution in [3.63, 3.8) is 0 Å². The van der Waals surface area contributed by atoms with Gasteiger partial charge in [0.15, 0.2) is 36.6 Å². The Bertz CT molecular complexity index is 875. The molecule has 1 fully saturated rings. The summed E-state index contributed by atoms with van der Waals surface area (Å²) in [6, 6.07) is 0. The number of aromatic nitrogens is 3. The Morgan fingerprint density at radius 1 is 1.65 bits per heavy atom. The number of alkyl halides is 1. The van der Waals surface area contributed by atoms with Crippen molar-refractivity contribution in [3.8, 4) is 0 Å². The number of anilines is 1. The van der Waals surface area contributed by atoms with Crippen LogP contribution >= 0.6 is 0 Å². The van der Waals surface area contributed by atoms with Crippen molar-refractivity contribution in [2.24, 2.45) is 0 Å². The topological polar surface area (TPSA) is 131 Å². The van der Waals surface area contributed by atoms with Crippen LogP contribution in [0.15, 0.2) is 11.0 Å². The van der Waals surface area contributed by atoms with Crippen molar-refractivity contribution in [3.05, 3.63) is 33.8 Å². The summed E-state index contributed by atoms with van der Waals surface area (Å²) in [6.07, 6.45) is -5.02. The molecule has 2 aromatic heterocycles. The first-order valence-electron chi connectivity index (χ1n) is 6.40. The van der Waals surface area contributed by atoms with Crippen LogP contribution < -0.4 is 11.3 Å². The van der Waals surface area contributed by atoms with Crippen molar-refractivity contribution in [2.75, 3.05) is 12.3 Å². The van der Waals surface area contributed by atoms with E-state index < -0.39 is 47.6 Å². The number of nitrogens with one attached hydrogen (secondary N) is 1. The zero-order valence-electron chi connectivity index (χ0n) is 11.4. The van der Waals surface area contributed by atoms with Gasteiger partial charge in [-0.15, -0.1) is 0 Å². The second-order valence-corrected chi connectivity index (χ2v) is 5.05. The minimum absolute atomic E-state index is 0.303. The zero-order valence-corrected chi connectivity index (χ0v) is 11.4. The van der Waals surface area contributed by atoms with Gasteiger partial charge in [0.05, 0.1) is 0 Å². The Hall–Kier alpha value is -2.55. The van der Waals surface area contributed by atoms with E-state index in [0.717, 1.165) is 10.8 Å². The van der Waals surface area contributed by atoms with Gasteiger partial charge in [-0.05, 0) is 0 Å². The van der Waals surface area contributed by atoms with Crippen LogP contribution in [0.25, 0.3) is 15.9 Å². The van der Waals surface area contributed by atoms with Gasteiger partial charge in [0.25, 0.3) is 5.56 Å². The number of aliphatic hydroxyl groups is 2. The van der Waals surface area contributed by atoms with Crippen LogP contribution in [0.1, 0.15) is 6.23 Å². The molecule has 0 spiro atoms. The number of halogens is 2. The fourth-order valence-electron chi connectivity index (χ4n) is 2.54. The van der Waals surface area contributed by atoms with E-state index in [9.17, 15) is 23.8 Å². The molecule has 0 aromatic carbocycles. The largest absolute Gasteiger partial charge is 0.390 e. The molecule has 0 aliphatic carbocycles. The maximum Gasteiger partial charge on any atom is 0.390 e. The molecule has 0 radical (unpaired) electrons. The van der Waals surface area contributed by atoms with Gasteiger partial charge in [-0.3, -0.25) is 23.9 Å². The number of nitrogens with two attached hydrogens (primary N) is 1. The molecule has 0 amide bonds. The minimum atomic E-state index is -2.22. The highest BCUT2D eigenvalue weighted by Gasteiger charge is 2.62. The van der Waals surface area contributed by atoms with Gasteiger partial charge >= 0.3 is 5.72 Å². The Morgan fingerprint density at radius 3 is 2.91 bits per heavy atom. The fourth-order valence-corrected chi connectivity index (χ4v) is 2.54. The standard InChI is InChI=1S/C12H11F2N5O4/c1-16-12(3-20)7(21)6(14)10(23-12)19-2-4(13)5-8(19)17-11(15)18-9(5)22/h2,6-7,10,20-21H,3H2,(H3,15,17,18,22). The summed E-state index contributed by atoms with van der Waals surface area (Å²) in [6.45, 7) is 6.03. The SMILES string of the molecule is [C-]#[N+]C1(CO)OC(n2cc(F)c3c(=O)[nH]c(N)nc32)C(F)C1O. The summed E-state index contributed by atoms with van der Waals surface area (Å²) >= 11 is 0. The molecule has 2 aromatic rings. The molecular formula is C12H11F2N5O4. The molecule has 122 valence electrons. The molecule has 1 saturated heterocycles. The maximum atomic E-state index is 14.4. The molecule has 4 atom stereocenters. The summed E-state index contributed by atoms with van der Waals surface area (Å²) in [4.78, 5) is 20.5. The molecule has 0 saturated carbocycles. The molecule has 11 heteroatoms. The summed E-state index contributed by atoms with van der Waals surface area (Å²) in [7, 11) is 0. The Balaban J connectivity index is 2.19. The average molecular weight is 327 g/mol. The summed E-state index contributed by atoms with van der Waals surface area (Å²) < 4.78 is 34.3. The number of rotatable bonds is 2. The second-order valence-electron chi connectivity index (χ2n) is 5.05. The van der Waals surface area contributed by atoms with Crippen LogP contribution in [0.5, 0.6) is 0 Å². The summed E-state index contributed by atoms with van der Waals surface area (Å²) in [5.41, 5.74) is 2.01. The van der Waals surface area contributed by atoms with Gasteiger partial charge in [0.2, 0.25) is 5.95 Å². The van der Waals surface area contributed by atoms with Gasteiger partial charge in [-0.25, -0.2) is 15.4 Å². The predicted molar refractivity (Wildman–Crippen MR) is 72.2 cm³/mol. The summed E-state index contributed by atoms with van der Waals surface area (Å²) in [5, 5.41) is 18.6. The number of nitrogens with zero attached hydrogens (tertiary/aromatic N) is 3. The monoisotopic (exact) mass is 327 g/mol. The van der Waals surface area contributed by atoms with Gasteiger partial charge in [0, 0.05) is 6.20 Å². The average Bonchev–Trinajstić information content (AvgIpc) is 2.96. The first-order valence-corrected chi connectivity index (χ1v) is 6.40. The molecule has 5 N–H and O–H groups in total. The van der Waals surface area contributed by atoms with Crippen molar-refractivity contribution in [1.29, 1.82) is 0 Å². The van der Waals surface area contributed by atoms with Gasteiger partial charge in [0.1, 0.15) is 5.39 Å². The lowest BCUT2D eigenvalue weighted by molar-refractivity contribution is -0.0979. The van der Waals surface area contributed by atoms with E-state index in [0.29, 0.717) is 0 Å². The number of aromatic amines is 1. The third-order valence-corrected chi connectivity index (χ3v) is 3.71. The smallest absolute Gasteiger partial charge is 0.385 e. The van der Waals surface area contributed by atoms with Crippen LogP contribution in [0.3, 0.4) is 0 Å². The minimum Gasteiger partial charge on any atom is -0.385 e. The number of fused-ring (bicyclic) bond motifs is 1. The molecular weight excluding hydrogens is 316 g/mol. The first kappa shape index (κ1) is 15.3. The number of nitrogen functional groups attached to an aromatic ring is 1. The Kier molecular flexibility index (Phi) is 3.33. The lowest BCUT2D eigenvalue weighted by Crippen LogP contribution is -2.42. The molecule has 1 aliphatic heterocycles. The predicted octanol–water partition coefficient (Wildman–Crippen LogP) is -0.718. The van der Waals surface area contributed by atoms with E-state index in [1.165, 1.54) is 0 Å². The number of hydrogen-bond donors (Lipinski definition) is 4. The van der Waals surface area contributed by atoms with Crippen molar-refractivity contribution in [2.45, 2.75) is 24.2 Å². The second kappa shape index (κ2) is 4.98. The highest BCUT2D eigenvalue weighted by Crippen LogP contribution is 2.41. The molecule has 4 unspecified atom stereocenters. The van der Waals surface area contributed by atoms with Gasteiger partial charge in [-0.2, -0.15) is 4.98 Å². The van der Waals surface area contributed by atoms with E-state index in [1.807, 2.05) is 0 Å². The van der Waals surface area contributed by atoms with Crippen LogP contribution in [-0.4, -0.2) is 49.4 Å². The van der Waals surface area contributed by atoms with Gasteiger partial charge in [-0.1, -0.05) is 0 Å². The van der Waals surface area contributed by atoms with E-state index in [4.69, 9.17) is 17.0 Å². The fraction of sp³-hybridized carbons (Fsp3) is 0.417.